The minimum Gasteiger partial charge on any atom is -0.482 e. The highest BCUT2D eigenvalue weighted by Gasteiger charge is 2.29. The van der Waals surface area contributed by atoms with E-state index in [1.165, 1.54) is 5.57 Å². The van der Waals surface area contributed by atoms with Crippen LogP contribution in [0.2, 0.25) is 0 Å². The highest BCUT2D eigenvalue weighted by molar-refractivity contribution is 5.89. The van der Waals surface area contributed by atoms with E-state index in [-0.39, 0.29) is 11.2 Å². The fourth-order valence-corrected chi connectivity index (χ4v) is 3.06. The molecule has 1 aromatic heterocycles. The maximum absolute atomic E-state index is 12.6. The zero-order chi connectivity index (χ0) is 16.6. The van der Waals surface area contributed by atoms with Gasteiger partial charge in [0.2, 0.25) is 0 Å². The Bertz CT molecular complexity index is 869. The number of fused-ring (bicyclic) bond motifs is 3. The summed E-state index contributed by atoms with van der Waals surface area (Å²) >= 11 is 0. The molecule has 0 spiro atoms. The summed E-state index contributed by atoms with van der Waals surface area (Å²) in [5.74, 6) is 0.714. The van der Waals surface area contributed by atoms with Crippen LogP contribution in [0.4, 0.5) is 0 Å². The van der Waals surface area contributed by atoms with Crippen LogP contribution in [0.15, 0.2) is 46.8 Å². The van der Waals surface area contributed by atoms with Crippen molar-refractivity contribution >= 4 is 17.0 Å². The largest absolute Gasteiger partial charge is 0.482 e. The maximum atomic E-state index is 12.6. The van der Waals surface area contributed by atoms with Crippen molar-refractivity contribution in [3.8, 4) is 5.75 Å². The molecular weight excluding hydrogens is 286 g/mol. The van der Waals surface area contributed by atoms with Crippen molar-refractivity contribution in [3.05, 3.63) is 57.9 Å². The second-order valence-electron chi connectivity index (χ2n) is 6.69. The number of aryl methyl sites for hydroxylation is 1. The lowest BCUT2D eigenvalue weighted by Gasteiger charge is -2.32. The molecular formula is C20H23NO2. The second-order valence-corrected chi connectivity index (χ2v) is 6.69. The molecule has 0 saturated heterocycles. The predicted molar refractivity (Wildman–Crippen MR) is 95.9 cm³/mol. The van der Waals surface area contributed by atoms with Crippen molar-refractivity contribution in [2.75, 3.05) is 0 Å². The Labute approximate surface area is 136 Å². The van der Waals surface area contributed by atoms with E-state index in [1.54, 1.807) is 11.6 Å². The van der Waals surface area contributed by atoms with Crippen LogP contribution in [-0.4, -0.2) is 10.2 Å². The first-order valence-electron chi connectivity index (χ1n) is 8.05. The van der Waals surface area contributed by atoms with E-state index in [9.17, 15) is 4.79 Å². The van der Waals surface area contributed by atoms with Gasteiger partial charge >= 0.3 is 0 Å². The van der Waals surface area contributed by atoms with Crippen LogP contribution < -0.4 is 10.3 Å². The number of pyridine rings is 1. The summed E-state index contributed by atoms with van der Waals surface area (Å²) in [6, 6.07) is 7.90. The lowest BCUT2D eigenvalue weighted by Crippen LogP contribution is -2.34. The van der Waals surface area contributed by atoms with E-state index < -0.39 is 0 Å². The summed E-state index contributed by atoms with van der Waals surface area (Å²) in [5.41, 5.74) is 2.46. The third-order valence-corrected chi connectivity index (χ3v) is 4.42. The molecule has 1 aliphatic rings. The van der Waals surface area contributed by atoms with Gasteiger partial charge in [0.15, 0.2) is 0 Å². The quantitative estimate of drug-likeness (QED) is 0.784. The molecule has 1 aromatic carbocycles. The first-order valence-corrected chi connectivity index (χ1v) is 8.05. The normalized spacial score (nSPS) is 19.3. The van der Waals surface area contributed by atoms with Crippen molar-refractivity contribution in [1.29, 1.82) is 0 Å². The Morgan fingerprint density at radius 3 is 2.78 bits per heavy atom. The number of hydrogen-bond donors (Lipinski definition) is 0. The summed E-state index contributed by atoms with van der Waals surface area (Å²) in [6.45, 7) is 6.29. The topological polar surface area (TPSA) is 31.2 Å². The Morgan fingerprint density at radius 1 is 1.30 bits per heavy atom. The number of allylic oxidation sites excluding steroid dienone is 2. The third kappa shape index (κ3) is 2.83. The van der Waals surface area contributed by atoms with Gasteiger partial charge in [0, 0.05) is 12.4 Å². The molecule has 120 valence electrons. The number of nitrogens with zero attached hydrogens (tertiary/aromatic N) is 1. The van der Waals surface area contributed by atoms with E-state index in [4.69, 9.17) is 4.74 Å². The van der Waals surface area contributed by atoms with E-state index in [2.05, 4.69) is 26.8 Å². The molecule has 3 rings (SSSR count). The number of rotatable bonds is 3. The molecule has 0 bridgehead atoms. The number of aromatic nitrogens is 1. The number of ether oxygens (including phenoxy) is 1. The molecule has 0 aliphatic carbocycles. The van der Waals surface area contributed by atoms with Crippen LogP contribution in [0.5, 0.6) is 5.75 Å². The van der Waals surface area contributed by atoms with Crippen LogP contribution >= 0.6 is 0 Å². The van der Waals surface area contributed by atoms with Crippen LogP contribution in [0.3, 0.4) is 0 Å². The van der Waals surface area contributed by atoms with Crippen molar-refractivity contribution in [2.24, 2.45) is 7.05 Å². The van der Waals surface area contributed by atoms with Gasteiger partial charge in [0.25, 0.3) is 5.56 Å². The molecule has 23 heavy (non-hydrogen) atoms. The van der Waals surface area contributed by atoms with Gasteiger partial charge < -0.3 is 9.30 Å². The molecule has 0 amide bonds. The summed E-state index contributed by atoms with van der Waals surface area (Å²) < 4.78 is 8.01. The first-order chi connectivity index (χ1) is 10.9. The van der Waals surface area contributed by atoms with Crippen molar-refractivity contribution in [2.45, 2.75) is 39.2 Å². The zero-order valence-corrected chi connectivity index (χ0v) is 14.2. The molecule has 0 radical (unpaired) electrons. The minimum atomic E-state index is -0.381. The average Bonchev–Trinajstić information content (AvgIpc) is 2.52. The Balaban J connectivity index is 2.07. The third-order valence-electron chi connectivity index (χ3n) is 4.42. The van der Waals surface area contributed by atoms with E-state index in [1.807, 2.05) is 36.4 Å². The highest BCUT2D eigenvalue weighted by atomic mass is 16.5. The average molecular weight is 309 g/mol. The molecule has 2 heterocycles. The molecule has 0 saturated carbocycles. The van der Waals surface area contributed by atoms with Crippen LogP contribution in [-0.2, 0) is 7.05 Å². The SMILES string of the molecule is CC(C)=CCCC1(C)C=Cc2c(c3ccccc3n(C)c2=O)O1. The van der Waals surface area contributed by atoms with Crippen molar-refractivity contribution in [1.82, 2.24) is 4.57 Å². The van der Waals surface area contributed by atoms with Gasteiger partial charge in [-0.05, 0) is 57.9 Å². The molecule has 1 unspecified atom stereocenters. The highest BCUT2D eigenvalue weighted by Crippen LogP contribution is 2.37. The van der Waals surface area contributed by atoms with Crippen molar-refractivity contribution < 1.29 is 4.74 Å². The molecule has 1 atom stereocenters. The smallest absolute Gasteiger partial charge is 0.261 e. The van der Waals surface area contributed by atoms with Crippen LogP contribution in [0.25, 0.3) is 17.0 Å². The van der Waals surface area contributed by atoms with Gasteiger partial charge in [-0.1, -0.05) is 23.8 Å². The molecule has 1 aliphatic heterocycles. The minimum absolute atomic E-state index is 0.0127. The van der Waals surface area contributed by atoms with Gasteiger partial charge in [-0.3, -0.25) is 4.79 Å². The maximum Gasteiger partial charge on any atom is 0.261 e. The van der Waals surface area contributed by atoms with Gasteiger partial charge in [-0.2, -0.15) is 0 Å². The molecule has 2 aromatic rings. The monoisotopic (exact) mass is 309 g/mol. The van der Waals surface area contributed by atoms with Gasteiger partial charge in [-0.15, -0.1) is 0 Å². The lowest BCUT2D eigenvalue weighted by molar-refractivity contribution is 0.130. The van der Waals surface area contributed by atoms with Crippen LogP contribution in [0, 0.1) is 0 Å². The van der Waals surface area contributed by atoms with E-state index >= 15 is 0 Å². The lowest BCUT2D eigenvalue weighted by atomic mass is 9.94. The molecule has 3 heteroatoms. The zero-order valence-electron chi connectivity index (χ0n) is 14.2. The summed E-state index contributed by atoms with van der Waals surface area (Å²) in [6.07, 6.45) is 8.01. The fourth-order valence-electron chi connectivity index (χ4n) is 3.06. The summed E-state index contributed by atoms with van der Waals surface area (Å²) in [7, 11) is 1.81. The summed E-state index contributed by atoms with van der Waals surface area (Å²) in [4.78, 5) is 12.6. The number of hydrogen-bond acceptors (Lipinski definition) is 2. The number of benzene rings is 1. The Morgan fingerprint density at radius 2 is 2.04 bits per heavy atom. The fraction of sp³-hybridized carbons (Fsp3) is 0.350. The first kappa shape index (κ1) is 15.6. The molecule has 3 nitrogen and oxygen atoms in total. The van der Waals surface area contributed by atoms with E-state index in [0.717, 1.165) is 23.7 Å². The van der Waals surface area contributed by atoms with E-state index in [0.29, 0.717) is 11.3 Å². The van der Waals surface area contributed by atoms with Gasteiger partial charge in [0.05, 0.1) is 11.1 Å². The van der Waals surface area contributed by atoms with Gasteiger partial charge in [0.1, 0.15) is 11.4 Å². The predicted octanol–water partition coefficient (Wildman–Crippen LogP) is 4.45. The second kappa shape index (κ2) is 5.73. The molecule has 0 N–H and O–H groups in total. The van der Waals surface area contributed by atoms with Gasteiger partial charge in [-0.25, -0.2) is 0 Å². The summed E-state index contributed by atoms with van der Waals surface area (Å²) in [5, 5.41) is 0.988. The molecule has 0 fully saturated rings. The van der Waals surface area contributed by atoms with Crippen LogP contribution in [0.1, 0.15) is 39.2 Å². The standard InChI is InChI=1S/C20H23NO2/c1-14(2)8-7-12-20(3)13-11-16-18(23-20)15-9-5-6-10-17(15)21(4)19(16)22/h5-6,8-11,13H,7,12H2,1-4H3. The Kier molecular flexibility index (Phi) is 3.88. The number of para-hydroxylation sites is 1. The Hall–Kier alpha value is -2.29. The van der Waals surface area contributed by atoms with Crippen molar-refractivity contribution in [3.63, 3.8) is 0 Å².